The maximum atomic E-state index is 11.0. The normalized spacial score (nSPS) is 10.3. The minimum Gasteiger partial charge on any atom is -0.476 e. The maximum absolute atomic E-state index is 11.0. The van der Waals surface area contributed by atoms with Crippen LogP contribution in [-0.4, -0.2) is 34.8 Å². The van der Waals surface area contributed by atoms with Gasteiger partial charge in [-0.2, -0.15) is 5.10 Å². The number of carboxylic acids is 1. The summed E-state index contributed by atoms with van der Waals surface area (Å²) in [4.78, 5) is 11.0. The molecular weight excluding hydrogens is 236 g/mol. The molecule has 1 aromatic heterocycles. The van der Waals surface area contributed by atoms with Crippen molar-refractivity contribution >= 4 is 5.97 Å². The standard InChI is InChI=1S/C12H12N2O4/c1-17-8-18-10-7-14(13-11(10)12(15)16)9-5-3-2-4-6-9/h2-7H,8H2,1H3,(H,15,16). The summed E-state index contributed by atoms with van der Waals surface area (Å²) in [6.45, 7) is -0.0270. The van der Waals surface area contributed by atoms with Crippen LogP contribution in [0.15, 0.2) is 36.5 Å². The number of rotatable bonds is 5. The molecule has 0 radical (unpaired) electrons. The van der Waals surface area contributed by atoms with Gasteiger partial charge < -0.3 is 14.6 Å². The number of carbonyl (C=O) groups is 1. The Labute approximate surface area is 103 Å². The average molecular weight is 248 g/mol. The molecule has 1 heterocycles. The monoisotopic (exact) mass is 248 g/mol. The van der Waals surface area contributed by atoms with Crippen LogP contribution >= 0.6 is 0 Å². The molecule has 0 amide bonds. The first-order valence-electron chi connectivity index (χ1n) is 5.22. The van der Waals surface area contributed by atoms with Gasteiger partial charge >= 0.3 is 5.97 Å². The SMILES string of the molecule is COCOc1cn(-c2ccccc2)nc1C(=O)O. The molecule has 6 nitrogen and oxygen atoms in total. The summed E-state index contributed by atoms with van der Waals surface area (Å²) in [5, 5.41) is 13.0. The summed E-state index contributed by atoms with van der Waals surface area (Å²) >= 11 is 0. The van der Waals surface area contributed by atoms with Crippen LogP contribution in [0.5, 0.6) is 5.75 Å². The molecular formula is C12H12N2O4. The lowest BCUT2D eigenvalue weighted by Gasteiger charge is -2.01. The Kier molecular flexibility index (Phi) is 3.59. The highest BCUT2D eigenvalue weighted by atomic mass is 16.7. The maximum Gasteiger partial charge on any atom is 0.360 e. The highest BCUT2D eigenvalue weighted by molar-refractivity contribution is 5.88. The number of methoxy groups -OCH3 is 1. The Morgan fingerprint density at radius 1 is 1.39 bits per heavy atom. The quantitative estimate of drug-likeness (QED) is 0.813. The van der Waals surface area contributed by atoms with Crippen LogP contribution in [0.1, 0.15) is 10.5 Å². The third-order valence-electron chi connectivity index (χ3n) is 2.24. The zero-order chi connectivity index (χ0) is 13.0. The molecule has 0 atom stereocenters. The first kappa shape index (κ1) is 12.1. The highest BCUT2D eigenvalue weighted by Gasteiger charge is 2.17. The number of ether oxygens (including phenoxy) is 2. The minimum atomic E-state index is -1.14. The van der Waals surface area contributed by atoms with Gasteiger partial charge in [0.1, 0.15) is 0 Å². The second kappa shape index (κ2) is 5.33. The molecule has 2 rings (SSSR count). The van der Waals surface area contributed by atoms with Gasteiger partial charge in [0.05, 0.1) is 11.9 Å². The second-order valence-corrected chi connectivity index (χ2v) is 3.48. The van der Waals surface area contributed by atoms with Gasteiger partial charge in [-0.3, -0.25) is 0 Å². The number of carboxylic acid groups (broad SMARTS) is 1. The fraction of sp³-hybridized carbons (Fsp3) is 0.167. The molecule has 2 aromatic rings. The molecule has 0 aliphatic heterocycles. The molecule has 0 saturated carbocycles. The summed E-state index contributed by atoms with van der Waals surface area (Å²) in [6, 6.07) is 9.19. The summed E-state index contributed by atoms with van der Waals surface area (Å²) < 4.78 is 11.4. The van der Waals surface area contributed by atoms with Crippen molar-refractivity contribution in [3.63, 3.8) is 0 Å². The van der Waals surface area contributed by atoms with Crippen molar-refractivity contribution in [3.8, 4) is 11.4 Å². The number of nitrogens with zero attached hydrogens (tertiary/aromatic N) is 2. The van der Waals surface area contributed by atoms with E-state index >= 15 is 0 Å². The fourth-order valence-corrected chi connectivity index (χ4v) is 1.45. The average Bonchev–Trinajstić information content (AvgIpc) is 2.81. The lowest BCUT2D eigenvalue weighted by atomic mass is 10.3. The van der Waals surface area contributed by atoms with E-state index in [9.17, 15) is 4.79 Å². The van der Waals surface area contributed by atoms with Crippen LogP contribution in [0.3, 0.4) is 0 Å². The lowest BCUT2D eigenvalue weighted by molar-refractivity contribution is 0.0483. The topological polar surface area (TPSA) is 73.6 Å². The summed E-state index contributed by atoms with van der Waals surface area (Å²) in [5.41, 5.74) is 0.614. The Hall–Kier alpha value is -2.34. The van der Waals surface area contributed by atoms with E-state index in [1.807, 2.05) is 30.3 Å². The molecule has 18 heavy (non-hydrogen) atoms. The van der Waals surface area contributed by atoms with Crippen LogP contribution in [0.4, 0.5) is 0 Å². The molecule has 1 N–H and O–H groups in total. The van der Waals surface area contributed by atoms with E-state index in [0.29, 0.717) is 0 Å². The number of aromatic nitrogens is 2. The van der Waals surface area contributed by atoms with Crippen molar-refractivity contribution in [2.24, 2.45) is 0 Å². The Morgan fingerprint density at radius 2 is 2.11 bits per heavy atom. The van der Waals surface area contributed by atoms with E-state index in [1.165, 1.54) is 18.0 Å². The Bertz CT molecular complexity index is 536. The third kappa shape index (κ3) is 2.49. The van der Waals surface area contributed by atoms with Gasteiger partial charge in [-0.1, -0.05) is 18.2 Å². The molecule has 6 heteroatoms. The van der Waals surface area contributed by atoms with Gasteiger partial charge in [0.15, 0.2) is 12.5 Å². The molecule has 0 saturated heterocycles. The van der Waals surface area contributed by atoms with E-state index in [2.05, 4.69) is 5.10 Å². The van der Waals surface area contributed by atoms with Crippen molar-refractivity contribution in [1.29, 1.82) is 0 Å². The van der Waals surface area contributed by atoms with Crippen LogP contribution in [0.25, 0.3) is 5.69 Å². The predicted molar refractivity (Wildman–Crippen MR) is 63.0 cm³/mol. The van der Waals surface area contributed by atoms with Crippen molar-refractivity contribution in [2.45, 2.75) is 0 Å². The molecule has 0 aliphatic rings. The zero-order valence-corrected chi connectivity index (χ0v) is 9.74. The molecule has 0 aliphatic carbocycles. The molecule has 0 bridgehead atoms. The largest absolute Gasteiger partial charge is 0.476 e. The van der Waals surface area contributed by atoms with E-state index in [0.717, 1.165) is 5.69 Å². The minimum absolute atomic E-state index is 0.0270. The van der Waals surface area contributed by atoms with Crippen LogP contribution in [0.2, 0.25) is 0 Å². The summed E-state index contributed by atoms with van der Waals surface area (Å²) in [7, 11) is 1.46. The summed E-state index contributed by atoms with van der Waals surface area (Å²) in [5.74, 6) is -0.969. The molecule has 0 fully saturated rings. The first-order chi connectivity index (χ1) is 8.72. The van der Waals surface area contributed by atoms with Gasteiger partial charge in [0.25, 0.3) is 0 Å². The van der Waals surface area contributed by atoms with Gasteiger partial charge in [0, 0.05) is 7.11 Å². The number of hydrogen-bond acceptors (Lipinski definition) is 4. The van der Waals surface area contributed by atoms with Gasteiger partial charge in [0.2, 0.25) is 5.69 Å². The second-order valence-electron chi connectivity index (χ2n) is 3.48. The number of benzene rings is 1. The van der Waals surface area contributed by atoms with E-state index in [4.69, 9.17) is 14.6 Å². The highest BCUT2D eigenvalue weighted by Crippen LogP contribution is 2.19. The molecule has 0 unspecified atom stereocenters. The van der Waals surface area contributed by atoms with E-state index in [-0.39, 0.29) is 18.2 Å². The lowest BCUT2D eigenvalue weighted by Crippen LogP contribution is -2.04. The fourth-order valence-electron chi connectivity index (χ4n) is 1.45. The number of para-hydroxylation sites is 1. The van der Waals surface area contributed by atoms with E-state index < -0.39 is 5.97 Å². The van der Waals surface area contributed by atoms with Crippen LogP contribution in [-0.2, 0) is 4.74 Å². The van der Waals surface area contributed by atoms with Crippen molar-refractivity contribution < 1.29 is 19.4 Å². The molecule has 0 spiro atoms. The van der Waals surface area contributed by atoms with Crippen molar-refractivity contribution in [1.82, 2.24) is 9.78 Å². The van der Waals surface area contributed by atoms with Crippen molar-refractivity contribution in [2.75, 3.05) is 13.9 Å². The van der Waals surface area contributed by atoms with Gasteiger partial charge in [-0.05, 0) is 12.1 Å². The van der Waals surface area contributed by atoms with Gasteiger partial charge in [-0.25, -0.2) is 9.48 Å². The van der Waals surface area contributed by atoms with Crippen LogP contribution < -0.4 is 4.74 Å². The summed E-state index contributed by atoms with van der Waals surface area (Å²) in [6.07, 6.45) is 1.51. The Balaban J connectivity index is 2.36. The third-order valence-corrected chi connectivity index (χ3v) is 2.24. The zero-order valence-electron chi connectivity index (χ0n) is 9.74. The van der Waals surface area contributed by atoms with Gasteiger partial charge in [-0.15, -0.1) is 0 Å². The predicted octanol–water partition coefficient (Wildman–Crippen LogP) is 1.55. The Morgan fingerprint density at radius 3 is 2.72 bits per heavy atom. The van der Waals surface area contributed by atoms with Crippen molar-refractivity contribution in [3.05, 3.63) is 42.2 Å². The van der Waals surface area contributed by atoms with E-state index in [1.54, 1.807) is 0 Å². The first-order valence-corrected chi connectivity index (χ1v) is 5.22. The number of hydrogen-bond donors (Lipinski definition) is 1. The smallest absolute Gasteiger partial charge is 0.360 e. The van der Waals surface area contributed by atoms with Crippen LogP contribution in [0, 0.1) is 0 Å². The number of aromatic carboxylic acids is 1. The molecule has 1 aromatic carbocycles. The molecule has 94 valence electrons.